The molecule has 1 aliphatic heterocycles. The number of hydrogen-bond donors (Lipinski definition) is 0. The SMILES string of the molecule is C#CCn1c(=NC(=O)c2c(F)cccc2F)sc2cc3c(cc21)OCO3. The average Bonchev–Trinajstić information content (AvgIpc) is 3.17. The van der Waals surface area contributed by atoms with Crippen molar-refractivity contribution in [2.24, 2.45) is 4.99 Å². The molecule has 0 fully saturated rings. The van der Waals surface area contributed by atoms with E-state index in [-0.39, 0.29) is 18.1 Å². The summed E-state index contributed by atoms with van der Waals surface area (Å²) >= 11 is 1.16. The normalized spacial score (nSPS) is 13.2. The average molecular weight is 372 g/mol. The summed E-state index contributed by atoms with van der Waals surface area (Å²) in [6.45, 7) is 0.259. The fourth-order valence-corrected chi connectivity index (χ4v) is 3.67. The first-order chi connectivity index (χ1) is 12.6. The van der Waals surface area contributed by atoms with Gasteiger partial charge in [-0.15, -0.1) is 6.42 Å². The van der Waals surface area contributed by atoms with E-state index in [0.717, 1.165) is 28.2 Å². The zero-order chi connectivity index (χ0) is 18.3. The summed E-state index contributed by atoms with van der Waals surface area (Å²) in [4.78, 5) is 16.5. The van der Waals surface area contributed by atoms with E-state index in [0.29, 0.717) is 17.0 Å². The van der Waals surface area contributed by atoms with Crippen molar-refractivity contribution in [3.05, 3.63) is 52.3 Å². The van der Waals surface area contributed by atoms with Crippen LogP contribution >= 0.6 is 11.3 Å². The second kappa shape index (κ2) is 6.28. The molecule has 130 valence electrons. The van der Waals surface area contributed by atoms with Gasteiger partial charge in [0, 0.05) is 12.1 Å². The molecule has 2 aromatic carbocycles. The maximum atomic E-state index is 13.8. The highest BCUT2D eigenvalue weighted by Crippen LogP contribution is 2.36. The molecular formula is C18H10F2N2O3S. The van der Waals surface area contributed by atoms with Crippen LogP contribution < -0.4 is 14.3 Å². The fraction of sp³-hybridized carbons (Fsp3) is 0.111. The maximum absolute atomic E-state index is 13.8. The van der Waals surface area contributed by atoms with E-state index < -0.39 is 23.1 Å². The van der Waals surface area contributed by atoms with Crippen LogP contribution in [0.15, 0.2) is 35.3 Å². The number of aromatic nitrogens is 1. The van der Waals surface area contributed by atoms with Crippen LogP contribution in [0, 0.1) is 24.0 Å². The Labute approximate surface area is 150 Å². The van der Waals surface area contributed by atoms with Crippen molar-refractivity contribution in [2.45, 2.75) is 6.54 Å². The van der Waals surface area contributed by atoms with Gasteiger partial charge in [0.25, 0.3) is 5.91 Å². The lowest BCUT2D eigenvalue weighted by atomic mass is 10.2. The summed E-state index contributed by atoms with van der Waals surface area (Å²) < 4.78 is 40.7. The molecule has 3 aromatic rings. The highest BCUT2D eigenvalue weighted by atomic mass is 32.1. The van der Waals surface area contributed by atoms with Gasteiger partial charge in [-0.05, 0) is 12.1 Å². The van der Waals surface area contributed by atoms with Crippen LogP contribution in [-0.2, 0) is 6.54 Å². The van der Waals surface area contributed by atoms with Crippen LogP contribution in [-0.4, -0.2) is 17.3 Å². The van der Waals surface area contributed by atoms with Crippen LogP contribution in [0.1, 0.15) is 10.4 Å². The Balaban J connectivity index is 1.91. The standard InChI is InChI=1S/C18H10F2N2O3S/c1-2-6-22-12-7-13-14(25-9-24-13)8-15(12)26-18(22)21-17(23)16-10(19)4-3-5-11(16)20/h1,3-5,7-8H,6,9H2. The largest absolute Gasteiger partial charge is 0.454 e. The van der Waals surface area contributed by atoms with E-state index in [9.17, 15) is 13.6 Å². The number of terminal acetylenes is 1. The Morgan fingerprint density at radius 2 is 1.96 bits per heavy atom. The number of amides is 1. The van der Waals surface area contributed by atoms with Crippen LogP contribution in [0.25, 0.3) is 10.2 Å². The molecule has 0 unspecified atom stereocenters. The molecule has 1 aliphatic rings. The number of nitrogens with zero attached hydrogens (tertiary/aromatic N) is 2. The zero-order valence-corrected chi connectivity index (χ0v) is 14.0. The third-order valence-corrected chi connectivity index (χ3v) is 4.84. The van der Waals surface area contributed by atoms with Crippen molar-refractivity contribution >= 4 is 27.5 Å². The predicted octanol–water partition coefficient (Wildman–Crippen LogP) is 3.08. The van der Waals surface area contributed by atoms with E-state index in [1.54, 1.807) is 16.7 Å². The molecule has 2 heterocycles. The van der Waals surface area contributed by atoms with Crippen LogP contribution in [0.4, 0.5) is 8.78 Å². The van der Waals surface area contributed by atoms with E-state index in [4.69, 9.17) is 15.9 Å². The number of hydrogen-bond acceptors (Lipinski definition) is 4. The number of rotatable bonds is 2. The fourth-order valence-electron chi connectivity index (χ4n) is 2.63. The molecule has 8 heteroatoms. The Morgan fingerprint density at radius 3 is 2.65 bits per heavy atom. The zero-order valence-electron chi connectivity index (χ0n) is 13.2. The quantitative estimate of drug-likeness (QED) is 0.650. The summed E-state index contributed by atoms with van der Waals surface area (Å²) in [5.74, 6) is 0.660. The van der Waals surface area contributed by atoms with Gasteiger partial charge in [0.15, 0.2) is 16.3 Å². The van der Waals surface area contributed by atoms with Crippen LogP contribution in [0.2, 0.25) is 0 Å². The van der Waals surface area contributed by atoms with Gasteiger partial charge in [0.2, 0.25) is 6.79 Å². The van der Waals surface area contributed by atoms with Gasteiger partial charge in [-0.25, -0.2) is 8.78 Å². The van der Waals surface area contributed by atoms with E-state index >= 15 is 0 Å². The molecule has 0 bridgehead atoms. The molecule has 0 N–H and O–H groups in total. The number of thiazole rings is 1. The molecule has 0 saturated heterocycles. The molecular weight excluding hydrogens is 362 g/mol. The Kier molecular flexibility index (Phi) is 3.93. The van der Waals surface area contributed by atoms with Gasteiger partial charge in [-0.1, -0.05) is 23.3 Å². The number of halogens is 2. The van der Waals surface area contributed by atoms with Crippen molar-refractivity contribution in [1.82, 2.24) is 4.57 Å². The van der Waals surface area contributed by atoms with Crippen molar-refractivity contribution in [2.75, 3.05) is 6.79 Å². The van der Waals surface area contributed by atoms with E-state index in [2.05, 4.69) is 10.9 Å². The van der Waals surface area contributed by atoms with Gasteiger partial charge in [0.05, 0.1) is 16.8 Å². The monoisotopic (exact) mass is 372 g/mol. The molecule has 5 nitrogen and oxygen atoms in total. The van der Waals surface area contributed by atoms with E-state index in [1.165, 1.54) is 6.07 Å². The lowest BCUT2D eigenvalue weighted by molar-refractivity contribution is 0.0990. The smallest absolute Gasteiger partial charge is 0.285 e. The number of carbonyl (C=O) groups is 1. The second-order valence-corrected chi connectivity index (χ2v) is 6.37. The minimum atomic E-state index is -1.02. The van der Waals surface area contributed by atoms with Crippen LogP contribution in [0.5, 0.6) is 11.5 Å². The van der Waals surface area contributed by atoms with Crippen molar-refractivity contribution in [1.29, 1.82) is 0 Å². The predicted molar refractivity (Wildman–Crippen MR) is 91.0 cm³/mol. The van der Waals surface area contributed by atoms with Gasteiger partial charge in [-0.2, -0.15) is 4.99 Å². The lowest BCUT2D eigenvalue weighted by Gasteiger charge is -2.02. The summed E-state index contributed by atoms with van der Waals surface area (Å²) in [6, 6.07) is 6.68. The molecule has 1 amide bonds. The second-order valence-electron chi connectivity index (χ2n) is 5.36. The molecule has 0 spiro atoms. The van der Waals surface area contributed by atoms with Gasteiger partial charge < -0.3 is 14.0 Å². The number of benzene rings is 2. The van der Waals surface area contributed by atoms with Gasteiger partial charge in [0.1, 0.15) is 17.2 Å². The summed E-state index contributed by atoms with van der Waals surface area (Å²) in [6.07, 6.45) is 5.41. The molecule has 1 aromatic heterocycles. The van der Waals surface area contributed by atoms with E-state index in [1.807, 2.05) is 0 Å². The summed E-state index contributed by atoms with van der Waals surface area (Å²) in [5, 5.41) is 0. The number of fused-ring (bicyclic) bond motifs is 2. The molecule has 26 heavy (non-hydrogen) atoms. The first-order valence-electron chi connectivity index (χ1n) is 7.48. The first-order valence-corrected chi connectivity index (χ1v) is 8.29. The molecule has 0 atom stereocenters. The van der Waals surface area contributed by atoms with Gasteiger partial charge >= 0.3 is 0 Å². The highest BCUT2D eigenvalue weighted by Gasteiger charge is 2.19. The molecule has 0 radical (unpaired) electrons. The highest BCUT2D eigenvalue weighted by molar-refractivity contribution is 7.16. The van der Waals surface area contributed by atoms with Crippen molar-refractivity contribution in [3.63, 3.8) is 0 Å². The third-order valence-electron chi connectivity index (χ3n) is 3.80. The summed E-state index contributed by atoms with van der Waals surface area (Å²) in [5.41, 5.74) is -0.0101. The van der Waals surface area contributed by atoms with Gasteiger partial charge in [-0.3, -0.25) is 4.79 Å². The van der Waals surface area contributed by atoms with Crippen molar-refractivity contribution < 1.29 is 23.0 Å². The van der Waals surface area contributed by atoms with Crippen molar-refractivity contribution in [3.8, 4) is 23.8 Å². The third kappa shape index (κ3) is 2.62. The number of ether oxygens (including phenoxy) is 2. The Bertz CT molecular complexity index is 1140. The Morgan fingerprint density at radius 1 is 1.27 bits per heavy atom. The minimum absolute atomic E-state index is 0.129. The summed E-state index contributed by atoms with van der Waals surface area (Å²) in [7, 11) is 0. The lowest BCUT2D eigenvalue weighted by Crippen LogP contribution is -2.17. The van der Waals surface area contributed by atoms with Crippen LogP contribution in [0.3, 0.4) is 0 Å². The molecule has 0 saturated carbocycles. The topological polar surface area (TPSA) is 52.8 Å². The maximum Gasteiger partial charge on any atom is 0.285 e. The molecule has 4 rings (SSSR count). The minimum Gasteiger partial charge on any atom is -0.454 e. The number of carbonyl (C=O) groups excluding carboxylic acids is 1. The first kappa shape index (κ1) is 16.3. The molecule has 0 aliphatic carbocycles. The Hall–Kier alpha value is -3.18.